The molecule has 0 unspecified atom stereocenters. The van der Waals surface area contributed by atoms with E-state index in [1.807, 2.05) is 0 Å². The van der Waals surface area contributed by atoms with Gasteiger partial charge in [0.15, 0.2) is 0 Å². The Morgan fingerprint density at radius 3 is 2.48 bits per heavy atom. The Morgan fingerprint density at radius 1 is 1.10 bits per heavy atom. The van der Waals surface area contributed by atoms with Crippen LogP contribution in [-0.2, 0) is 12.8 Å². The van der Waals surface area contributed by atoms with Crippen molar-refractivity contribution >= 4 is 5.69 Å². The molecule has 0 fully saturated rings. The molecule has 0 saturated heterocycles. The van der Waals surface area contributed by atoms with Gasteiger partial charge in [0.2, 0.25) is 0 Å². The van der Waals surface area contributed by atoms with Crippen molar-refractivity contribution in [3.63, 3.8) is 0 Å². The lowest BCUT2D eigenvalue weighted by molar-refractivity contribution is -0.138. The molecule has 0 aromatic heterocycles. The maximum atomic E-state index is 13.1. The van der Waals surface area contributed by atoms with Gasteiger partial charge in [-0.05, 0) is 30.7 Å². The van der Waals surface area contributed by atoms with Crippen LogP contribution in [-0.4, -0.2) is 0 Å². The third-order valence-electron chi connectivity index (χ3n) is 2.97. The van der Waals surface area contributed by atoms with Gasteiger partial charge in [0, 0.05) is 17.3 Å². The molecule has 2 rings (SSSR count). The summed E-state index contributed by atoms with van der Waals surface area (Å²) in [4.78, 5) is 0. The summed E-state index contributed by atoms with van der Waals surface area (Å²) in [6.07, 6.45) is -4.52. The summed E-state index contributed by atoms with van der Waals surface area (Å²) < 4.78 is 57.2. The molecular weight excluding hydrogens is 286 g/mol. The Morgan fingerprint density at radius 2 is 1.81 bits per heavy atom. The van der Waals surface area contributed by atoms with Crippen molar-refractivity contribution in [2.45, 2.75) is 19.7 Å². The number of nitrogen functional groups attached to an aromatic ring is 1. The second kappa shape index (κ2) is 5.63. The van der Waals surface area contributed by atoms with Gasteiger partial charge in [0.25, 0.3) is 0 Å². The van der Waals surface area contributed by atoms with E-state index in [1.54, 1.807) is 6.92 Å². The van der Waals surface area contributed by atoms with E-state index in [4.69, 9.17) is 10.5 Å². The first-order chi connectivity index (χ1) is 9.77. The van der Waals surface area contributed by atoms with Crippen molar-refractivity contribution in [2.24, 2.45) is 0 Å². The predicted octanol–water partition coefficient (Wildman–Crippen LogP) is 4.31. The summed E-state index contributed by atoms with van der Waals surface area (Å²) >= 11 is 0. The van der Waals surface area contributed by atoms with E-state index in [0.29, 0.717) is 5.56 Å². The van der Waals surface area contributed by atoms with Gasteiger partial charge in [-0.15, -0.1) is 0 Å². The lowest BCUT2D eigenvalue weighted by Crippen LogP contribution is -2.12. The summed E-state index contributed by atoms with van der Waals surface area (Å²) in [7, 11) is 0. The maximum Gasteiger partial charge on any atom is 0.416 e. The van der Waals surface area contributed by atoms with Crippen LogP contribution < -0.4 is 10.5 Å². The summed E-state index contributed by atoms with van der Waals surface area (Å²) in [5.41, 5.74) is 5.14. The minimum atomic E-state index is -4.52. The number of rotatable bonds is 3. The molecule has 2 aromatic rings. The highest BCUT2D eigenvalue weighted by Crippen LogP contribution is 2.34. The lowest BCUT2D eigenvalue weighted by Gasteiger charge is -2.15. The zero-order valence-corrected chi connectivity index (χ0v) is 11.2. The molecule has 0 amide bonds. The van der Waals surface area contributed by atoms with E-state index in [9.17, 15) is 17.6 Å². The third-order valence-corrected chi connectivity index (χ3v) is 2.97. The van der Waals surface area contributed by atoms with E-state index in [-0.39, 0.29) is 23.6 Å². The Kier molecular flexibility index (Phi) is 4.06. The predicted molar refractivity (Wildman–Crippen MR) is 71.3 cm³/mol. The Labute approximate surface area is 119 Å². The fourth-order valence-electron chi connectivity index (χ4n) is 1.87. The average Bonchev–Trinajstić information content (AvgIpc) is 2.40. The van der Waals surface area contributed by atoms with Gasteiger partial charge >= 0.3 is 6.18 Å². The SMILES string of the molecule is Cc1ccc(F)cc1OCc1ccc(N)cc1C(F)(F)F. The number of alkyl halides is 3. The van der Waals surface area contributed by atoms with Crippen molar-refractivity contribution in [1.29, 1.82) is 0 Å². The van der Waals surface area contributed by atoms with Gasteiger partial charge in [-0.3, -0.25) is 0 Å². The summed E-state index contributed by atoms with van der Waals surface area (Å²) in [5.74, 6) is -0.302. The highest BCUT2D eigenvalue weighted by atomic mass is 19.4. The molecule has 2 N–H and O–H groups in total. The highest BCUT2D eigenvalue weighted by molar-refractivity contribution is 5.46. The van der Waals surface area contributed by atoms with Crippen molar-refractivity contribution < 1.29 is 22.3 Å². The van der Waals surface area contributed by atoms with Crippen LogP contribution >= 0.6 is 0 Å². The topological polar surface area (TPSA) is 35.2 Å². The van der Waals surface area contributed by atoms with Crippen molar-refractivity contribution in [3.8, 4) is 5.75 Å². The number of ether oxygens (including phenoxy) is 1. The number of anilines is 1. The highest BCUT2D eigenvalue weighted by Gasteiger charge is 2.33. The van der Waals surface area contributed by atoms with Crippen LogP contribution in [0.1, 0.15) is 16.7 Å². The normalized spacial score (nSPS) is 11.5. The Bertz CT molecular complexity index is 653. The first kappa shape index (κ1) is 15.2. The number of halogens is 4. The van der Waals surface area contributed by atoms with Crippen LogP contribution in [0.5, 0.6) is 5.75 Å². The minimum absolute atomic E-state index is 0.0213. The second-order valence-corrected chi connectivity index (χ2v) is 4.61. The summed E-state index contributed by atoms with van der Waals surface area (Å²) in [5, 5.41) is 0. The second-order valence-electron chi connectivity index (χ2n) is 4.61. The van der Waals surface area contributed by atoms with Crippen LogP contribution in [0.15, 0.2) is 36.4 Å². The fourth-order valence-corrected chi connectivity index (χ4v) is 1.87. The first-order valence-corrected chi connectivity index (χ1v) is 6.12. The van der Waals surface area contributed by atoms with Crippen molar-refractivity contribution in [3.05, 3.63) is 58.9 Å². The van der Waals surface area contributed by atoms with Gasteiger partial charge in [0.05, 0.1) is 5.56 Å². The molecule has 6 heteroatoms. The van der Waals surface area contributed by atoms with E-state index in [1.165, 1.54) is 24.3 Å². The first-order valence-electron chi connectivity index (χ1n) is 6.12. The Balaban J connectivity index is 2.26. The van der Waals surface area contributed by atoms with Crippen molar-refractivity contribution in [2.75, 3.05) is 5.73 Å². The van der Waals surface area contributed by atoms with Gasteiger partial charge in [-0.2, -0.15) is 13.2 Å². The quantitative estimate of drug-likeness (QED) is 0.677. The molecule has 0 atom stereocenters. The number of nitrogens with two attached hydrogens (primary N) is 1. The average molecular weight is 299 g/mol. The molecule has 0 aliphatic rings. The van der Waals surface area contributed by atoms with Gasteiger partial charge in [-0.1, -0.05) is 12.1 Å². The smallest absolute Gasteiger partial charge is 0.416 e. The number of benzene rings is 2. The molecule has 0 aliphatic carbocycles. The molecule has 0 bridgehead atoms. The molecule has 21 heavy (non-hydrogen) atoms. The maximum absolute atomic E-state index is 13.1. The fraction of sp³-hybridized carbons (Fsp3) is 0.200. The summed E-state index contributed by atoms with van der Waals surface area (Å²) in [6, 6.07) is 7.38. The molecule has 0 heterocycles. The summed E-state index contributed by atoms with van der Waals surface area (Å²) in [6.45, 7) is 1.36. The Hall–Kier alpha value is -2.24. The third kappa shape index (κ3) is 3.65. The molecule has 0 aliphatic heterocycles. The standard InChI is InChI=1S/C15H13F4NO/c1-9-2-4-11(16)6-14(9)21-8-10-3-5-12(20)7-13(10)15(17,18)19/h2-7H,8,20H2,1H3. The largest absolute Gasteiger partial charge is 0.489 e. The minimum Gasteiger partial charge on any atom is -0.489 e. The monoisotopic (exact) mass is 299 g/mol. The van der Waals surface area contributed by atoms with Crippen LogP contribution in [0.2, 0.25) is 0 Å². The van der Waals surface area contributed by atoms with E-state index >= 15 is 0 Å². The molecule has 0 spiro atoms. The zero-order valence-electron chi connectivity index (χ0n) is 11.2. The van der Waals surface area contributed by atoms with E-state index in [0.717, 1.165) is 12.1 Å². The number of hydrogen-bond donors (Lipinski definition) is 1. The van der Waals surface area contributed by atoms with Crippen LogP contribution in [0.25, 0.3) is 0 Å². The number of hydrogen-bond acceptors (Lipinski definition) is 2. The molecule has 2 nitrogen and oxygen atoms in total. The number of aryl methyl sites for hydroxylation is 1. The molecule has 0 radical (unpaired) electrons. The molecular formula is C15H13F4NO. The van der Waals surface area contributed by atoms with Crippen LogP contribution in [0.3, 0.4) is 0 Å². The van der Waals surface area contributed by atoms with Gasteiger partial charge < -0.3 is 10.5 Å². The van der Waals surface area contributed by atoms with Gasteiger partial charge in [0.1, 0.15) is 18.2 Å². The van der Waals surface area contributed by atoms with E-state index < -0.39 is 17.6 Å². The lowest BCUT2D eigenvalue weighted by atomic mass is 10.1. The molecule has 112 valence electrons. The van der Waals surface area contributed by atoms with E-state index in [2.05, 4.69) is 0 Å². The van der Waals surface area contributed by atoms with Crippen LogP contribution in [0, 0.1) is 12.7 Å². The molecule has 0 saturated carbocycles. The van der Waals surface area contributed by atoms with Crippen LogP contribution in [0.4, 0.5) is 23.2 Å². The van der Waals surface area contributed by atoms with Crippen molar-refractivity contribution in [1.82, 2.24) is 0 Å². The van der Waals surface area contributed by atoms with Gasteiger partial charge in [-0.25, -0.2) is 4.39 Å². The molecule has 2 aromatic carbocycles. The zero-order chi connectivity index (χ0) is 15.6.